The summed E-state index contributed by atoms with van der Waals surface area (Å²) in [5.41, 5.74) is 0.454. The summed E-state index contributed by atoms with van der Waals surface area (Å²) in [6.45, 7) is 5.03. The van der Waals surface area contributed by atoms with Gasteiger partial charge >= 0.3 is 0 Å². The van der Waals surface area contributed by atoms with E-state index in [0.29, 0.717) is 18.2 Å². The fourth-order valence-corrected chi connectivity index (χ4v) is 2.14. The zero-order chi connectivity index (χ0) is 13.5. The molecule has 1 aromatic heterocycles. The van der Waals surface area contributed by atoms with Crippen molar-refractivity contribution in [1.82, 2.24) is 10.3 Å². The lowest BCUT2D eigenvalue weighted by molar-refractivity contribution is 0.0535. The van der Waals surface area contributed by atoms with Crippen molar-refractivity contribution >= 4 is 11.7 Å². The van der Waals surface area contributed by atoms with Crippen molar-refractivity contribution < 1.29 is 9.53 Å². The Morgan fingerprint density at radius 2 is 2.42 bits per heavy atom. The first-order valence-electron chi connectivity index (χ1n) is 6.86. The Balaban J connectivity index is 1.86. The van der Waals surface area contributed by atoms with Crippen molar-refractivity contribution in [2.24, 2.45) is 5.92 Å². The molecule has 1 unspecified atom stereocenters. The fourth-order valence-electron chi connectivity index (χ4n) is 2.14. The number of aromatic nitrogens is 1. The zero-order valence-corrected chi connectivity index (χ0v) is 11.3. The summed E-state index contributed by atoms with van der Waals surface area (Å²) in [4.78, 5) is 16.3. The summed E-state index contributed by atoms with van der Waals surface area (Å²) in [7, 11) is 0. The molecule has 1 fully saturated rings. The quantitative estimate of drug-likeness (QED) is 0.848. The molecule has 0 aromatic carbocycles. The second kappa shape index (κ2) is 7.09. The van der Waals surface area contributed by atoms with Gasteiger partial charge in [0.15, 0.2) is 0 Å². The lowest BCUT2D eigenvalue weighted by atomic mass is 10.0. The Morgan fingerprint density at radius 3 is 3.16 bits per heavy atom. The average molecular weight is 263 g/mol. The second-order valence-electron chi connectivity index (χ2n) is 4.73. The third-order valence-electron chi connectivity index (χ3n) is 3.15. The van der Waals surface area contributed by atoms with Gasteiger partial charge in [-0.25, -0.2) is 4.98 Å². The molecule has 0 aliphatic carbocycles. The number of ether oxygens (including phenoxy) is 1. The van der Waals surface area contributed by atoms with E-state index in [2.05, 4.69) is 15.6 Å². The molecule has 5 nitrogen and oxygen atoms in total. The third-order valence-corrected chi connectivity index (χ3v) is 3.15. The van der Waals surface area contributed by atoms with Crippen molar-refractivity contribution in [2.45, 2.75) is 19.8 Å². The summed E-state index contributed by atoms with van der Waals surface area (Å²) >= 11 is 0. The van der Waals surface area contributed by atoms with Gasteiger partial charge in [-0.05, 0) is 37.8 Å². The minimum Gasteiger partial charge on any atom is -0.381 e. The number of carbonyl (C=O) groups is 1. The van der Waals surface area contributed by atoms with E-state index >= 15 is 0 Å². The van der Waals surface area contributed by atoms with Gasteiger partial charge in [0, 0.05) is 19.7 Å². The van der Waals surface area contributed by atoms with Crippen LogP contribution in [0.3, 0.4) is 0 Å². The van der Waals surface area contributed by atoms with Crippen LogP contribution in [-0.4, -0.2) is 37.2 Å². The van der Waals surface area contributed by atoms with E-state index in [1.807, 2.05) is 19.1 Å². The molecule has 19 heavy (non-hydrogen) atoms. The van der Waals surface area contributed by atoms with E-state index < -0.39 is 0 Å². The van der Waals surface area contributed by atoms with Crippen molar-refractivity contribution in [3.8, 4) is 0 Å². The van der Waals surface area contributed by atoms with Gasteiger partial charge in [-0.15, -0.1) is 0 Å². The molecular formula is C14H21N3O2. The molecule has 2 N–H and O–H groups in total. The molecule has 0 spiro atoms. The summed E-state index contributed by atoms with van der Waals surface area (Å²) in [6, 6.07) is 5.42. The van der Waals surface area contributed by atoms with Crippen LogP contribution in [0.5, 0.6) is 0 Å². The third kappa shape index (κ3) is 4.21. The monoisotopic (exact) mass is 263 g/mol. The smallest absolute Gasteiger partial charge is 0.269 e. The Hall–Kier alpha value is -1.62. The van der Waals surface area contributed by atoms with E-state index in [1.54, 1.807) is 6.07 Å². The molecule has 0 bridgehead atoms. The van der Waals surface area contributed by atoms with E-state index in [9.17, 15) is 4.79 Å². The van der Waals surface area contributed by atoms with Crippen LogP contribution in [-0.2, 0) is 4.74 Å². The maximum absolute atomic E-state index is 12.0. The van der Waals surface area contributed by atoms with Gasteiger partial charge in [0.25, 0.3) is 5.91 Å². The highest BCUT2D eigenvalue weighted by Crippen LogP contribution is 2.12. The van der Waals surface area contributed by atoms with E-state index in [-0.39, 0.29) is 5.91 Å². The summed E-state index contributed by atoms with van der Waals surface area (Å²) in [5, 5.41) is 6.03. The number of pyridine rings is 1. The van der Waals surface area contributed by atoms with Crippen molar-refractivity contribution in [3.63, 3.8) is 0 Å². The van der Waals surface area contributed by atoms with E-state index in [4.69, 9.17) is 4.74 Å². The first-order valence-corrected chi connectivity index (χ1v) is 6.86. The topological polar surface area (TPSA) is 63.2 Å². The van der Waals surface area contributed by atoms with Crippen LogP contribution < -0.4 is 10.6 Å². The van der Waals surface area contributed by atoms with Gasteiger partial charge in [0.2, 0.25) is 0 Å². The highest BCUT2D eigenvalue weighted by Gasteiger charge is 2.15. The lowest BCUT2D eigenvalue weighted by Gasteiger charge is -2.22. The predicted octanol–water partition coefficient (Wildman–Crippen LogP) is 1.67. The largest absolute Gasteiger partial charge is 0.381 e. The van der Waals surface area contributed by atoms with Crippen LogP contribution in [0.2, 0.25) is 0 Å². The van der Waals surface area contributed by atoms with Gasteiger partial charge in [-0.3, -0.25) is 4.79 Å². The molecule has 2 rings (SSSR count). The summed E-state index contributed by atoms with van der Waals surface area (Å²) in [6.07, 6.45) is 2.19. The standard InChI is InChI=1S/C14H21N3O2/c1-2-15-13-7-3-6-12(17-13)14(18)16-9-11-5-4-8-19-10-11/h3,6-7,11H,2,4-5,8-10H2,1H3,(H,15,17)(H,16,18). The molecule has 1 saturated heterocycles. The van der Waals surface area contributed by atoms with Crippen LogP contribution in [0, 0.1) is 5.92 Å². The molecule has 0 radical (unpaired) electrons. The first kappa shape index (κ1) is 13.8. The molecular weight excluding hydrogens is 242 g/mol. The van der Waals surface area contributed by atoms with E-state index in [0.717, 1.165) is 38.4 Å². The average Bonchev–Trinajstić information content (AvgIpc) is 2.46. The zero-order valence-electron chi connectivity index (χ0n) is 11.3. The fraction of sp³-hybridized carbons (Fsp3) is 0.571. The molecule has 1 aliphatic heterocycles. The molecule has 1 aromatic rings. The van der Waals surface area contributed by atoms with Crippen molar-refractivity contribution in [2.75, 3.05) is 31.6 Å². The van der Waals surface area contributed by atoms with Crippen LogP contribution in [0.4, 0.5) is 5.82 Å². The van der Waals surface area contributed by atoms with Gasteiger partial charge in [-0.1, -0.05) is 6.07 Å². The number of hydrogen-bond donors (Lipinski definition) is 2. The van der Waals surface area contributed by atoms with Crippen LogP contribution in [0.1, 0.15) is 30.3 Å². The molecule has 1 atom stereocenters. The highest BCUT2D eigenvalue weighted by molar-refractivity contribution is 5.92. The van der Waals surface area contributed by atoms with Crippen molar-refractivity contribution in [1.29, 1.82) is 0 Å². The SMILES string of the molecule is CCNc1cccc(C(=O)NCC2CCCOC2)n1. The van der Waals surface area contributed by atoms with Gasteiger partial charge < -0.3 is 15.4 Å². The Morgan fingerprint density at radius 1 is 1.53 bits per heavy atom. The maximum atomic E-state index is 12.0. The second-order valence-corrected chi connectivity index (χ2v) is 4.73. The van der Waals surface area contributed by atoms with Crippen LogP contribution in [0.15, 0.2) is 18.2 Å². The molecule has 0 saturated carbocycles. The number of carbonyl (C=O) groups excluding carboxylic acids is 1. The Labute approximate surface area is 113 Å². The van der Waals surface area contributed by atoms with Crippen molar-refractivity contribution in [3.05, 3.63) is 23.9 Å². The number of nitrogens with zero attached hydrogens (tertiary/aromatic N) is 1. The Bertz CT molecular complexity index is 417. The maximum Gasteiger partial charge on any atom is 0.269 e. The van der Waals surface area contributed by atoms with Crippen LogP contribution in [0.25, 0.3) is 0 Å². The summed E-state index contributed by atoms with van der Waals surface area (Å²) < 4.78 is 5.39. The number of amides is 1. The highest BCUT2D eigenvalue weighted by atomic mass is 16.5. The van der Waals surface area contributed by atoms with Gasteiger partial charge in [-0.2, -0.15) is 0 Å². The number of hydrogen-bond acceptors (Lipinski definition) is 4. The number of nitrogens with one attached hydrogen (secondary N) is 2. The number of rotatable bonds is 5. The minimum atomic E-state index is -0.120. The lowest BCUT2D eigenvalue weighted by Crippen LogP contribution is -2.33. The molecule has 104 valence electrons. The molecule has 2 heterocycles. The molecule has 1 aliphatic rings. The normalized spacial score (nSPS) is 18.9. The Kier molecular flexibility index (Phi) is 5.15. The molecule has 5 heteroatoms. The summed E-state index contributed by atoms with van der Waals surface area (Å²) in [5.74, 6) is 1.04. The molecule has 1 amide bonds. The van der Waals surface area contributed by atoms with Gasteiger partial charge in [0.1, 0.15) is 11.5 Å². The van der Waals surface area contributed by atoms with E-state index in [1.165, 1.54) is 0 Å². The predicted molar refractivity (Wildman–Crippen MR) is 74.3 cm³/mol. The first-order chi connectivity index (χ1) is 9.29. The van der Waals surface area contributed by atoms with Crippen LogP contribution >= 0.6 is 0 Å². The minimum absolute atomic E-state index is 0.120. The number of anilines is 1. The van der Waals surface area contributed by atoms with Gasteiger partial charge in [0.05, 0.1) is 6.61 Å².